The summed E-state index contributed by atoms with van der Waals surface area (Å²) in [5, 5.41) is 4.28. The molecule has 0 unspecified atom stereocenters. The average molecular weight is 174 g/mol. The Labute approximate surface area is 72.0 Å². The number of halogens is 1. The molecular weight excluding hydrogens is 162 g/mol. The van der Waals surface area contributed by atoms with Crippen molar-refractivity contribution in [2.45, 2.75) is 19.3 Å². The Bertz CT molecular complexity index is 267. The highest BCUT2D eigenvalue weighted by Gasteiger charge is 2.18. The predicted octanol–water partition coefficient (Wildman–Crippen LogP) is 0.913. The highest BCUT2D eigenvalue weighted by Crippen LogP contribution is 2.25. The highest BCUT2D eigenvalue weighted by molar-refractivity contribution is 5.85. The molecule has 4 heteroatoms. The van der Waals surface area contributed by atoms with E-state index in [1.807, 2.05) is 7.05 Å². The van der Waals surface area contributed by atoms with E-state index < -0.39 is 0 Å². The lowest BCUT2D eigenvalue weighted by molar-refractivity contribution is 0.737. The standard InChI is InChI=1S/C7H11N3.ClH/c1-10-7(8)5-3-2-4-6(5)9-10;/h2-4,8H2,1H3;1H. The smallest absolute Gasteiger partial charge is 0.124 e. The summed E-state index contributed by atoms with van der Waals surface area (Å²) in [5.41, 5.74) is 8.24. The molecule has 0 bridgehead atoms. The summed E-state index contributed by atoms with van der Waals surface area (Å²) in [7, 11) is 1.90. The molecule has 2 N–H and O–H groups in total. The van der Waals surface area contributed by atoms with Gasteiger partial charge in [0.1, 0.15) is 5.82 Å². The molecule has 0 saturated heterocycles. The average Bonchev–Trinajstić information content (AvgIpc) is 2.41. The summed E-state index contributed by atoms with van der Waals surface area (Å²) in [4.78, 5) is 0. The van der Waals surface area contributed by atoms with Gasteiger partial charge in [-0.15, -0.1) is 12.4 Å². The van der Waals surface area contributed by atoms with Crippen LogP contribution in [-0.4, -0.2) is 9.78 Å². The first-order chi connectivity index (χ1) is 4.79. The number of anilines is 1. The molecule has 11 heavy (non-hydrogen) atoms. The minimum atomic E-state index is 0. The number of fused-ring (bicyclic) bond motifs is 1. The molecule has 0 aromatic carbocycles. The van der Waals surface area contributed by atoms with Crippen LogP contribution in [0, 0.1) is 0 Å². The number of aromatic nitrogens is 2. The van der Waals surface area contributed by atoms with E-state index >= 15 is 0 Å². The van der Waals surface area contributed by atoms with Crippen molar-refractivity contribution in [3.63, 3.8) is 0 Å². The van der Waals surface area contributed by atoms with Gasteiger partial charge in [-0.1, -0.05) is 0 Å². The summed E-state index contributed by atoms with van der Waals surface area (Å²) in [6, 6.07) is 0. The fourth-order valence-corrected chi connectivity index (χ4v) is 1.54. The van der Waals surface area contributed by atoms with Gasteiger partial charge in [-0.3, -0.25) is 4.68 Å². The fraction of sp³-hybridized carbons (Fsp3) is 0.571. The van der Waals surface area contributed by atoms with E-state index in [1.165, 1.54) is 17.7 Å². The molecule has 0 saturated carbocycles. The molecule has 0 aliphatic heterocycles. The lowest BCUT2D eigenvalue weighted by atomic mass is 10.3. The Morgan fingerprint density at radius 1 is 1.45 bits per heavy atom. The maximum absolute atomic E-state index is 5.75. The molecule has 0 atom stereocenters. The van der Waals surface area contributed by atoms with Gasteiger partial charge in [0.25, 0.3) is 0 Å². The second kappa shape index (κ2) is 2.74. The Kier molecular flexibility index (Phi) is 2.09. The van der Waals surface area contributed by atoms with Crippen LogP contribution in [-0.2, 0) is 19.9 Å². The van der Waals surface area contributed by atoms with Gasteiger partial charge in [0.15, 0.2) is 0 Å². The molecule has 1 aromatic heterocycles. The van der Waals surface area contributed by atoms with Gasteiger partial charge in [-0.05, 0) is 19.3 Å². The van der Waals surface area contributed by atoms with Crippen LogP contribution < -0.4 is 5.73 Å². The van der Waals surface area contributed by atoms with Gasteiger partial charge in [0, 0.05) is 12.6 Å². The number of hydrogen-bond acceptors (Lipinski definition) is 2. The lowest BCUT2D eigenvalue weighted by Crippen LogP contribution is -1.99. The van der Waals surface area contributed by atoms with E-state index in [4.69, 9.17) is 5.73 Å². The van der Waals surface area contributed by atoms with Gasteiger partial charge in [-0.25, -0.2) is 0 Å². The third-order valence-electron chi connectivity index (χ3n) is 2.12. The summed E-state index contributed by atoms with van der Waals surface area (Å²) >= 11 is 0. The first kappa shape index (κ1) is 8.40. The van der Waals surface area contributed by atoms with Crippen LogP contribution in [0.1, 0.15) is 17.7 Å². The number of aryl methyl sites for hydroxylation is 2. The Balaban J connectivity index is 0.000000605. The van der Waals surface area contributed by atoms with Gasteiger partial charge in [-0.2, -0.15) is 5.10 Å². The van der Waals surface area contributed by atoms with Crippen molar-refractivity contribution in [3.05, 3.63) is 11.3 Å². The Morgan fingerprint density at radius 3 is 2.82 bits per heavy atom. The van der Waals surface area contributed by atoms with Crippen molar-refractivity contribution in [2.24, 2.45) is 7.05 Å². The predicted molar refractivity (Wildman–Crippen MR) is 46.9 cm³/mol. The van der Waals surface area contributed by atoms with E-state index in [-0.39, 0.29) is 12.4 Å². The van der Waals surface area contributed by atoms with E-state index in [0.717, 1.165) is 18.7 Å². The first-order valence-electron chi connectivity index (χ1n) is 3.59. The summed E-state index contributed by atoms with van der Waals surface area (Å²) in [6.07, 6.45) is 3.46. The van der Waals surface area contributed by atoms with Gasteiger partial charge >= 0.3 is 0 Å². The van der Waals surface area contributed by atoms with E-state index in [0.29, 0.717) is 0 Å². The quantitative estimate of drug-likeness (QED) is 0.634. The van der Waals surface area contributed by atoms with Gasteiger partial charge < -0.3 is 5.73 Å². The zero-order valence-corrected chi connectivity index (χ0v) is 7.32. The Hall–Kier alpha value is -0.700. The van der Waals surface area contributed by atoms with Crippen molar-refractivity contribution >= 4 is 18.2 Å². The summed E-state index contributed by atoms with van der Waals surface area (Å²) in [6.45, 7) is 0. The minimum absolute atomic E-state index is 0. The normalized spacial score (nSPS) is 14.3. The second-order valence-electron chi connectivity index (χ2n) is 2.79. The van der Waals surface area contributed by atoms with Gasteiger partial charge in [0.05, 0.1) is 5.69 Å². The van der Waals surface area contributed by atoms with E-state index in [1.54, 1.807) is 4.68 Å². The highest BCUT2D eigenvalue weighted by atomic mass is 35.5. The molecule has 1 heterocycles. The van der Waals surface area contributed by atoms with Crippen LogP contribution in [0.3, 0.4) is 0 Å². The van der Waals surface area contributed by atoms with Crippen LogP contribution in [0.15, 0.2) is 0 Å². The second-order valence-corrected chi connectivity index (χ2v) is 2.79. The number of nitrogens with two attached hydrogens (primary N) is 1. The zero-order valence-electron chi connectivity index (χ0n) is 6.50. The maximum Gasteiger partial charge on any atom is 0.124 e. The molecule has 0 amide bonds. The van der Waals surface area contributed by atoms with Crippen molar-refractivity contribution in [1.29, 1.82) is 0 Å². The molecule has 62 valence electrons. The monoisotopic (exact) mass is 173 g/mol. The molecule has 2 rings (SSSR count). The van der Waals surface area contributed by atoms with Crippen LogP contribution in [0.2, 0.25) is 0 Å². The topological polar surface area (TPSA) is 43.8 Å². The SMILES string of the molecule is Cl.Cn1nc2c(c1N)CCC2. The van der Waals surface area contributed by atoms with Crippen LogP contribution in [0.25, 0.3) is 0 Å². The van der Waals surface area contributed by atoms with Crippen LogP contribution in [0.4, 0.5) is 5.82 Å². The van der Waals surface area contributed by atoms with Crippen LogP contribution in [0.5, 0.6) is 0 Å². The molecule has 0 spiro atoms. The molecular formula is C7H12ClN3. The van der Waals surface area contributed by atoms with E-state index in [2.05, 4.69) is 5.10 Å². The molecule has 0 fully saturated rings. The molecule has 1 aliphatic rings. The van der Waals surface area contributed by atoms with Crippen molar-refractivity contribution in [2.75, 3.05) is 5.73 Å². The number of rotatable bonds is 0. The van der Waals surface area contributed by atoms with Gasteiger partial charge in [0.2, 0.25) is 0 Å². The molecule has 1 aromatic rings. The Morgan fingerprint density at radius 2 is 2.18 bits per heavy atom. The van der Waals surface area contributed by atoms with Crippen molar-refractivity contribution in [3.8, 4) is 0 Å². The zero-order chi connectivity index (χ0) is 7.14. The first-order valence-corrected chi connectivity index (χ1v) is 3.59. The maximum atomic E-state index is 5.75. The third kappa shape index (κ3) is 1.09. The minimum Gasteiger partial charge on any atom is -0.384 e. The summed E-state index contributed by atoms with van der Waals surface area (Å²) < 4.78 is 1.77. The van der Waals surface area contributed by atoms with Crippen molar-refractivity contribution < 1.29 is 0 Å². The number of nitrogens with zero attached hydrogens (tertiary/aromatic N) is 2. The number of nitrogen functional groups attached to an aromatic ring is 1. The molecule has 0 radical (unpaired) electrons. The molecule has 1 aliphatic carbocycles. The number of hydrogen-bond donors (Lipinski definition) is 1. The largest absolute Gasteiger partial charge is 0.384 e. The molecule has 3 nitrogen and oxygen atoms in total. The van der Waals surface area contributed by atoms with Crippen LogP contribution >= 0.6 is 12.4 Å². The van der Waals surface area contributed by atoms with Crippen molar-refractivity contribution in [1.82, 2.24) is 9.78 Å². The van der Waals surface area contributed by atoms with E-state index in [9.17, 15) is 0 Å². The summed E-state index contributed by atoms with van der Waals surface area (Å²) in [5.74, 6) is 0.854. The third-order valence-corrected chi connectivity index (χ3v) is 2.12. The lowest BCUT2D eigenvalue weighted by Gasteiger charge is -1.94. The fourth-order valence-electron chi connectivity index (χ4n) is 1.54.